The summed E-state index contributed by atoms with van der Waals surface area (Å²) in [5.74, 6) is -1.32. The summed E-state index contributed by atoms with van der Waals surface area (Å²) < 4.78 is 0. The molecule has 0 fully saturated rings. The zero-order valence-electron chi connectivity index (χ0n) is 9.11. The van der Waals surface area contributed by atoms with Gasteiger partial charge in [0, 0.05) is 6.04 Å². The first kappa shape index (κ1) is 13.4. The molecule has 0 aliphatic carbocycles. The number of carboxylic acids is 1. The molecule has 0 aliphatic rings. The largest absolute Gasteiger partial charge is 0.479 e. The van der Waals surface area contributed by atoms with Crippen molar-refractivity contribution in [2.45, 2.75) is 18.6 Å². The molecule has 17 heavy (non-hydrogen) atoms. The maximum absolute atomic E-state index is 10.7. The molecule has 6 heteroatoms. The fourth-order valence-electron chi connectivity index (χ4n) is 1.46. The molecule has 1 radical (unpaired) electrons. The van der Waals surface area contributed by atoms with Crippen molar-refractivity contribution in [1.82, 2.24) is 5.23 Å². The van der Waals surface area contributed by atoms with Crippen LogP contribution in [-0.2, 0) is 16.0 Å². The van der Waals surface area contributed by atoms with Crippen LogP contribution in [0, 0.1) is 0 Å². The second-order valence-corrected chi connectivity index (χ2v) is 3.55. The highest BCUT2D eigenvalue weighted by molar-refractivity contribution is 6.64. The third-order valence-corrected chi connectivity index (χ3v) is 2.31. The van der Waals surface area contributed by atoms with Gasteiger partial charge in [-0.05, 0) is 12.0 Å². The van der Waals surface area contributed by atoms with E-state index in [2.05, 4.69) is 5.23 Å². The minimum Gasteiger partial charge on any atom is -0.479 e. The number of carbonyl (C=O) groups is 2. The van der Waals surface area contributed by atoms with Crippen LogP contribution in [0.2, 0.25) is 0 Å². The molecule has 2 atom stereocenters. The molecule has 0 saturated carbocycles. The van der Waals surface area contributed by atoms with E-state index in [0.717, 1.165) is 13.0 Å². The first-order valence-electron chi connectivity index (χ1n) is 5.13. The molecule has 0 amide bonds. The van der Waals surface area contributed by atoms with Gasteiger partial charge in [0.2, 0.25) is 0 Å². The number of carboxylic acid groups (broad SMARTS) is 1. The van der Waals surface area contributed by atoms with E-state index in [1.54, 1.807) is 0 Å². The molecule has 1 aromatic rings. The molecule has 0 saturated heterocycles. The number of hydrogen-bond donors (Lipinski definition) is 3. The third-order valence-electron chi connectivity index (χ3n) is 2.31. The second kappa shape index (κ2) is 6.83. The summed E-state index contributed by atoms with van der Waals surface area (Å²) >= 11 is 0. The molecule has 3 N–H and O–H groups in total. The van der Waals surface area contributed by atoms with Gasteiger partial charge in [-0.15, -0.1) is 0 Å². The number of hydrogen-bond acceptors (Lipinski definition) is 4. The minimum atomic E-state index is -1.56. The van der Waals surface area contributed by atoms with Crippen molar-refractivity contribution >= 4 is 19.6 Å². The van der Waals surface area contributed by atoms with Crippen LogP contribution >= 0.6 is 0 Å². The van der Waals surface area contributed by atoms with Crippen molar-refractivity contribution in [2.24, 2.45) is 0 Å². The Morgan fingerprint density at radius 1 is 1.41 bits per heavy atom. The molecule has 0 aliphatic heterocycles. The van der Waals surface area contributed by atoms with Gasteiger partial charge in [0.25, 0.3) is 7.41 Å². The Bertz CT molecular complexity index is 371. The number of aliphatic carboxylic acids is 1. The normalized spacial score (nSPS) is 13.7. The molecule has 1 aromatic carbocycles. The lowest BCUT2D eigenvalue weighted by atomic mass is 9.91. The standard InChI is InChI=1S/C11H13BNO4/c14-7-12-13-9(10(15)11(16)17)6-8-4-2-1-3-5-8/h1-5,7,9-10,13,15H,6H2,(H,16,17). The minimum absolute atomic E-state index is 0.318. The summed E-state index contributed by atoms with van der Waals surface area (Å²) in [6.45, 7) is 0. The van der Waals surface area contributed by atoms with Gasteiger partial charge in [0.1, 0.15) is 0 Å². The average Bonchev–Trinajstić information content (AvgIpc) is 2.34. The SMILES string of the molecule is O=C[B]NC(Cc1ccccc1)C(O)C(=O)O. The van der Waals surface area contributed by atoms with Gasteiger partial charge in [-0.1, -0.05) is 30.3 Å². The predicted molar refractivity (Wildman–Crippen MR) is 63.2 cm³/mol. The van der Waals surface area contributed by atoms with Crippen LogP contribution in [0.3, 0.4) is 0 Å². The maximum Gasteiger partial charge on any atom is 0.334 e. The summed E-state index contributed by atoms with van der Waals surface area (Å²) in [5.41, 5.74) is 0.879. The van der Waals surface area contributed by atoms with Crippen molar-refractivity contribution in [3.05, 3.63) is 35.9 Å². The molecular weight excluding hydrogens is 221 g/mol. The van der Waals surface area contributed by atoms with Crippen molar-refractivity contribution in [2.75, 3.05) is 0 Å². The van der Waals surface area contributed by atoms with Crippen LogP contribution in [0.4, 0.5) is 0 Å². The van der Waals surface area contributed by atoms with E-state index in [1.165, 1.54) is 0 Å². The van der Waals surface area contributed by atoms with Crippen LogP contribution in [0.15, 0.2) is 30.3 Å². The summed E-state index contributed by atoms with van der Waals surface area (Å²) in [6, 6.07) is 8.40. The molecule has 0 heterocycles. The topological polar surface area (TPSA) is 86.6 Å². The van der Waals surface area contributed by atoms with Gasteiger partial charge in [0.05, 0.1) is 6.19 Å². The first-order valence-corrected chi connectivity index (χ1v) is 5.13. The Morgan fingerprint density at radius 3 is 2.59 bits per heavy atom. The number of nitrogens with one attached hydrogen (secondary N) is 1. The highest BCUT2D eigenvalue weighted by Gasteiger charge is 2.25. The van der Waals surface area contributed by atoms with Gasteiger partial charge in [-0.25, -0.2) is 4.79 Å². The van der Waals surface area contributed by atoms with Gasteiger partial charge >= 0.3 is 5.97 Å². The summed E-state index contributed by atoms with van der Waals surface area (Å²) in [6.07, 6.45) is -0.739. The Kier molecular flexibility index (Phi) is 5.38. The first-order chi connectivity index (χ1) is 8.15. The number of rotatable bonds is 7. The molecule has 2 unspecified atom stereocenters. The number of benzene rings is 1. The number of aliphatic hydroxyl groups excluding tert-OH is 1. The van der Waals surface area contributed by atoms with E-state index in [-0.39, 0.29) is 0 Å². The Labute approximate surface area is 99.7 Å². The molecule has 1 rings (SSSR count). The zero-order valence-corrected chi connectivity index (χ0v) is 9.11. The van der Waals surface area contributed by atoms with E-state index >= 15 is 0 Å². The molecule has 0 aromatic heterocycles. The molecule has 0 bridgehead atoms. The molecule has 89 valence electrons. The summed E-state index contributed by atoms with van der Waals surface area (Å²) in [5, 5.41) is 20.8. The van der Waals surface area contributed by atoms with Crippen LogP contribution in [-0.4, -0.2) is 41.9 Å². The summed E-state index contributed by atoms with van der Waals surface area (Å²) in [7, 11) is 1.08. The highest BCUT2D eigenvalue weighted by Crippen LogP contribution is 2.06. The average molecular weight is 234 g/mol. The molecule has 0 spiro atoms. The number of carbonyl (C=O) groups excluding carboxylic acids is 1. The van der Waals surface area contributed by atoms with Crippen LogP contribution in [0.25, 0.3) is 0 Å². The van der Waals surface area contributed by atoms with Crippen LogP contribution in [0.1, 0.15) is 5.56 Å². The van der Waals surface area contributed by atoms with Crippen LogP contribution in [0.5, 0.6) is 0 Å². The highest BCUT2D eigenvalue weighted by atomic mass is 16.4. The van der Waals surface area contributed by atoms with E-state index in [0.29, 0.717) is 12.6 Å². The monoisotopic (exact) mass is 234 g/mol. The predicted octanol–water partition coefficient (Wildman–Crippen LogP) is -0.558. The lowest BCUT2D eigenvalue weighted by Crippen LogP contribution is -2.47. The Morgan fingerprint density at radius 2 is 2.06 bits per heavy atom. The van der Waals surface area contributed by atoms with Crippen LogP contribution < -0.4 is 5.23 Å². The quantitative estimate of drug-likeness (QED) is 0.435. The maximum atomic E-state index is 10.7. The second-order valence-electron chi connectivity index (χ2n) is 3.55. The van der Waals surface area contributed by atoms with Crippen molar-refractivity contribution < 1.29 is 19.8 Å². The van der Waals surface area contributed by atoms with Gasteiger partial charge < -0.3 is 20.2 Å². The molecule has 5 nitrogen and oxygen atoms in total. The van der Waals surface area contributed by atoms with Gasteiger partial charge in [-0.2, -0.15) is 0 Å². The lowest BCUT2D eigenvalue weighted by molar-refractivity contribution is -0.147. The van der Waals surface area contributed by atoms with E-state index in [9.17, 15) is 14.7 Å². The van der Waals surface area contributed by atoms with E-state index < -0.39 is 18.1 Å². The zero-order chi connectivity index (χ0) is 12.7. The Hall–Kier alpha value is -1.66. The molecular formula is C11H13BNO4. The van der Waals surface area contributed by atoms with Crippen molar-refractivity contribution in [1.29, 1.82) is 0 Å². The van der Waals surface area contributed by atoms with Crippen molar-refractivity contribution in [3.8, 4) is 0 Å². The van der Waals surface area contributed by atoms with Crippen molar-refractivity contribution in [3.63, 3.8) is 0 Å². The number of aliphatic hydroxyl groups is 1. The smallest absolute Gasteiger partial charge is 0.334 e. The Balaban J connectivity index is 2.69. The van der Waals surface area contributed by atoms with E-state index in [4.69, 9.17) is 5.11 Å². The van der Waals surface area contributed by atoms with Gasteiger partial charge in [-0.3, -0.25) is 0 Å². The fraction of sp³-hybridized carbons (Fsp3) is 0.273. The fourth-order valence-corrected chi connectivity index (χ4v) is 1.46. The summed E-state index contributed by atoms with van der Waals surface area (Å²) in [4.78, 5) is 20.9. The van der Waals surface area contributed by atoms with E-state index in [1.807, 2.05) is 30.3 Å². The lowest BCUT2D eigenvalue weighted by Gasteiger charge is -2.20. The third kappa shape index (κ3) is 4.38. The van der Waals surface area contributed by atoms with Gasteiger partial charge in [0.15, 0.2) is 6.10 Å².